The molecular weight excluding hydrogens is 156 g/mol. The van der Waals surface area contributed by atoms with Crippen molar-refractivity contribution in [1.29, 1.82) is 0 Å². The molecule has 0 saturated carbocycles. The summed E-state index contributed by atoms with van der Waals surface area (Å²) in [6, 6.07) is -0.391. The van der Waals surface area contributed by atoms with Gasteiger partial charge in [0, 0.05) is 6.54 Å². The standard InChI is InChI=1S/C8H14N2O2/c1-6(11)5-10-4-2-3-7(9)8(10)12/h7H,2-5,9H2,1H3/t7-/m0/s1. The Kier molecular flexibility index (Phi) is 2.81. The van der Waals surface area contributed by atoms with Crippen molar-refractivity contribution in [3.63, 3.8) is 0 Å². The van der Waals surface area contributed by atoms with E-state index < -0.39 is 6.04 Å². The molecule has 0 aromatic carbocycles. The van der Waals surface area contributed by atoms with Gasteiger partial charge in [0.15, 0.2) is 0 Å². The smallest absolute Gasteiger partial charge is 0.239 e. The zero-order valence-corrected chi connectivity index (χ0v) is 7.25. The summed E-state index contributed by atoms with van der Waals surface area (Å²) in [5, 5.41) is 0. The van der Waals surface area contributed by atoms with Crippen LogP contribution >= 0.6 is 0 Å². The third-order valence-corrected chi connectivity index (χ3v) is 1.99. The van der Waals surface area contributed by atoms with Crippen molar-refractivity contribution in [3.8, 4) is 0 Å². The maximum Gasteiger partial charge on any atom is 0.239 e. The molecule has 1 amide bonds. The van der Waals surface area contributed by atoms with Gasteiger partial charge in [-0.25, -0.2) is 0 Å². The topological polar surface area (TPSA) is 63.4 Å². The van der Waals surface area contributed by atoms with Crippen LogP contribution in [0.5, 0.6) is 0 Å². The fraction of sp³-hybridized carbons (Fsp3) is 0.750. The summed E-state index contributed by atoms with van der Waals surface area (Å²) < 4.78 is 0. The van der Waals surface area contributed by atoms with Crippen LogP contribution in [-0.4, -0.2) is 35.7 Å². The fourth-order valence-electron chi connectivity index (χ4n) is 1.40. The lowest BCUT2D eigenvalue weighted by molar-refractivity contribution is -0.138. The minimum absolute atomic E-state index is 0.0115. The predicted molar refractivity (Wildman–Crippen MR) is 44.5 cm³/mol. The first-order chi connectivity index (χ1) is 5.61. The number of hydrogen-bond donors (Lipinski definition) is 1. The van der Waals surface area contributed by atoms with Crippen molar-refractivity contribution in [2.75, 3.05) is 13.1 Å². The van der Waals surface area contributed by atoms with Crippen LogP contribution in [0.2, 0.25) is 0 Å². The van der Waals surface area contributed by atoms with E-state index in [4.69, 9.17) is 5.73 Å². The van der Waals surface area contributed by atoms with Gasteiger partial charge in [-0.1, -0.05) is 0 Å². The largest absolute Gasteiger partial charge is 0.334 e. The molecule has 2 N–H and O–H groups in total. The number of rotatable bonds is 2. The SMILES string of the molecule is CC(=O)CN1CCC[C@H](N)C1=O. The van der Waals surface area contributed by atoms with E-state index in [2.05, 4.69) is 0 Å². The average molecular weight is 170 g/mol. The molecule has 1 aliphatic heterocycles. The molecule has 0 bridgehead atoms. The molecule has 1 atom stereocenters. The zero-order chi connectivity index (χ0) is 9.14. The predicted octanol–water partition coefficient (Wildman–Crippen LogP) is -0.475. The summed E-state index contributed by atoms with van der Waals surface area (Å²) in [5.41, 5.74) is 5.54. The first-order valence-electron chi connectivity index (χ1n) is 4.15. The van der Waals surface area contributed by atoms with Crippen molar-refractivity contribution in [1.82, 2.24) is 4.90 Å². The normalized spacial score (nSPS) is 24.3. The molecule has 1 aliphatic rings. The molecule has 1 fully saturated rings. The fourth-order valence-corrected chi connectivity index (χ4v) is 1.40. The number of carbonyl (C=O) groups excluding carboxylic acids is 2. The van der Waals surface area contributed by atoms with Crippen LogP contribution in [-0.2, 0) is 9.59 Å². The van der Waals surface area contributed by atoms with Crippen LogP contribution < -0.4 is 5.73 Å². The summed E-state index contributed by atoms with van der Waals surface area (Å²) in [6.45, 7) is 2.37. The van der Waals surface area contributed by atoms with Crippen molar-refractivity contribution in [2.24, 2.45) is 5.73 Å². The van der Waals surface area contributed by atoms with Crippen LogP contribution in [0.4, 0.5) is 0 Å². The Morgan fingerprint density at radius 3 is 3.00 bits per heavy atom. The van der Waals surface area contributed by atoms with E-state index in [0.29, 0.717) is 6.54 Å². The molecule has 0 aromatic rings. The highest BCUT2D eigenvalue weighted by molar-refractivity contribution is 5.87. The first-order valence-corrected chi connectivity index (χ1v) is 4.15. The Labute approximate surface area is 71.7 Å². The van der Waals surface area contributed by atoms with Crippen LogP contribution in [0.25, 0.3) is 0 Å². The molecule has 1 heterocycles. The Bertz CT molecular complexity index is 203. The first kappa shape index (κ1) is 9.19. The second-order valence-corrected chi connectivity index (χ2v) is 3.21. The van der Waals surface area contributed by atoms with E-state index in [9.17, 15) is 9.59 Å². The summed E-state index contributed by atoms with van der Waals surface area (Å²) in [7, 11) is 0. The number of nitrogens with zero attached hydrogens (tertiary/aromatic N) is 1. The monoisotopic (exact) mass is 170 g/mol. The second-order valence-electron chi connectivity index (χ2n) is 3.21. The highest BCUT2D eigenvalue weighted by atomic mass is 16.2. The molecular formula is C8H14N2O2. The summed E-state index contributed by atoms with van der Waals surface area (Å²) in [6.07, 6.45) is 1.65. The quantitative estimate of drug-likeness (QED) is 0.609. The van der Waals surface area contributed by atoms with E-state index in [-0.39, 0.29) is 18.2 Å². The Morgan fingerprint density at radius 1 is 1.75 bits per heavy atom. The summed E-state index contributed by atoms with van der Waals surface area (Å²) in [5.74, 6) is -0.0751. The van der Waals surface area contributed by atoms with Gasteiger partial charge in [0.1, 0.15) is 5.78 Å². The van der Waals surface area contributed by atoms with Crippen LogP contribution in [0.1, 0.15) is 19.8 Å². The molecule has 0 spiro atoms. The highest BCUT2D eigenvalue weighted by Gasteiger charge is 2.25. The number of amides is 1. The molecule has 0 aromatic heterocycles. The molecule has 1 rings (SSSR count). The number of Topliss-reactive ketones (excluding diaryl/α,β-unsaturated/α-hetero) is 1. The number of ketones is 1. The summed E-state index contributed by atoms with van der Waals surface area (Å²) in [4.78, 5) is 23.6. The summed E-state index contributed by atoms with van der Waals surface area (Å²) >= 11 is 0. The van der Waals surface area contributed by atoms with E-state index in [1.165, 1.54) is 11.8 Å². The number of likely N-dealkylation sites (tertiary alicyclic amines) is 1. The van der Waals surface area contributed by atoms with Gasteiger partial charge in [0.25, 0.3) is 0 Å². The second kappa shape index (κ2) is 3.67. The van der Waals surface area contributed by atoms with Gasteiger partial charge < -0.3 is 10.6 Å². The van der Waals surface area contributed by atoms with Gasteiger partial charge in [0.05, 0.1) is 12.6 Å². The molecule has 0 aliphatic carbocycles. The molecule has 0 unspecified atom stereocenters. The van der Waals surface area contributed by atoms with E-state index >= 15 is 0 Å². The lowest BCUT2D eigenvalue weighted by Gasteiger charge is -2.29. The number of nitrogens with two attached hydrogens (primary N) is 1. The van der Waals surface area contributed by atoms with Gasteiger partial charge in [-0.05, 0) is 19.8 Å². The minimum Gasteiger partial charge on any atom is -0.334 e. The van der Waals surface area contributed by atoms with Crippen LogP contribution in [0.3, 0.4) is 0 Å². The lowest BCUT2D eigenvalue weighted by atomic mass is 10.1. The van der Waals surface area contributed by atoms with E-state index in [0.717, 1.165) is 12.8 Å². The maximum absolute atomic E-state index is 11.3. The van der Waals surface area contributed by atoms with Crippen molar-refractivity contribution in [2.45, 2.75) is 25.8 Å². The van der Waals surface area contributed by atoms with Gasteiger partial charge >= 0.3 is 0 Å². The van der Waals surface area contributed by atoms with Crippen molar-refractivity contribution < 1.29 is 9.59 Å². The number of carbonyl (C=O) groups is 2. The average Bonchev–Trinajstić information content (AvgIpc) is 1.98. The molecule has 4 nitrogen and oxygen atoms in total. The van der Waals surface area contributed by atoms with Crippen molar-refractivity contribution in [3.05, 3.63) is 0 Å². The van der Waals surface area contributed by atoms with Gasteiger partial charge in [-0.2, -0.15) is 0 Å². The number of hydrogen-bond acceptors (Lipinski definition) is 3. The van der Waals surface area contributed by atoms with Gasteiger partial charge in [0.2, 0.25) is 5.91 Å². The van der Waals surface area contributed by atoms with E-state index in [1.807, 2.05) is 0 Å². The molecule has 0 radical (unpaired) electrons. The Hall–Kier alpha value is -0.900. The maximum atomic E-state index is 11.3. The molecule has 4 heteroatoms. The highest BCUT2D eigenvalue weighted by Crippen LogP contribution is 2.09. The zero-order valence-electron chi connectivity index (χ0n) is 7.25. The third kappa shape index (κ3) is 2.04. The molecule has 12 heavy (non-hydrogen) atoms. The van der Waals surface area contributed by atoms with Crippen LogP contribution in [0.15, 0.2) is 0 Å². The minimum atomic E-state index is -0.391. The third-order valence-electron chi connectivity index (χ3n) is 1.99. The molecule has 68 valence electrons. The van der Waals surface area contributed by atoms with Crippen LogP contribution in [0, 0.1) is 0 Å². The Balaban J connectivity index is 2.52. The Morgan fingerprint density at radius 2 is 2.42 bits per heavy atom. The number of piperidine rings is 1. The van der Waals surface area contributed by atoms with Gasteiger partial charge in [-0.15, -0.1) is 0 Å². The van der Waals surface area contributed by atoms with E-state index in [1.54, 1.807) is 0 Å². The van der Waals surface area contributed by atoms with Crippen molar-refractivity contribution >= 4 is 11.7 Å². The molecule has 1 saturated heterocycles. The lowest BCUT2D eigenvalue weighted by Crippen LogP contribution is -2.49. The van der Waals surface area contributed by atoms with Gasteiger partial charge in [-0.3, -0.25) is 9.59 Å².